The number of rotatable bonds is 4. The number of nitrogens with one attached hydrogen (secondary N) is 1. The van der Waals surface area contributed by atoms with Gasteiger partial charge in [0, 0.05) is 12.1 Å². The highest BCUT2D eigenvalue weighted by Gasteiger charge is 2.08. The van der Waals surface area contributed by atoms with E-state index in [0.29, 0.717) is 19.7 Å². The Bertz CT molecular complexity index is 259. The third-order valence-corrected chi connectivity index (χ3v) is 1.76. The van der Waals surface area contributed by atoms with Gasteiger partial charge >= 0.3 is 5.97 Å². The lowest BCUT2D eigenvalue weighted by Crippen LogP contribution is -2.18. The summed E-state index contributed by atoms with van der Waals surface area (Å²) in [6.45, 7) is 4.53. The molecule has 0 atom stereocenters. The molecule has 5 heteroatoms. The second-order valence-electron chi connectivity index (χ2n) is 3.32. The predicted octanol–water partition coefficient (Wildman–Crippen LogP) is 1.43. The molecule has 0 aromatic carbocycles. The van der Waals surface area contributed by atoms with E-state index in [0.717, 1.165) is 5.70 Å². The van der Waals surface area contributed by atoms with Gasteiger partial charge in [0.15, 0.2) is 0 Å². The second-order valence-corrected chi connectivity index (χ2v) is 3.32. The van der Waals surface area contributed by atoms with Gasteiger partial charge in [-0.05, 0) is 0 Å². The first-order chi connectivity index (χ1) is 6.70. The zero-order chi connectivity index (χ0) is 10.4. The van der Waals surface area contributed by atoms with Gasteiger partial charge in [0.25, 0.3) is 0 Å². The third kappa shape index (κ3) is 3.55. The van der Waals surface area contributed by atoms with Gasteiger partial charge in [0.2, 0.25) is 0 Å². The van der Waals surface area contributed by atoms with Crippen LogP contribution in [0.15, 0.2) is 22.1 Å². The average molecular weight is 197 g/mol. The normalized spacial score (nSPS) is 14.9. The van der Waals surface area contributed by atoms with Crippen molar-refractivity contribution in [2.45, 2.75) is 20.3 Å². The van der Waals surface area contributed by atoms with Crippen LogP contribution in [-0.2, 0) is 9.53 Å². The fourth-order valence-electron chi connectivity index (χ4n) is 0.915. The van der Waals surface area contributed by atoms with E-state index in [4.69, 9.17) is 4.74 Å². The van der Waals surface area contributed by atoms with E-state index < -0.39 is 0 Å². The Kier molecular flexibility index (Phi) is 4.10. The van der Waals surface area contributed by atoms with Gasteiger partial charge in [-0.2, -0.15) is 10.2 Å². The topological polar surface area (TPSA) is 63.0 Å². The molecular formula is C9H15N3O2. The van der Waals surface area contributed by atoms with E-state index in [1.807, 2.05) is 13.8 Å². The number of hydrogen-bond donors (Lipinski definition) is 1. The number of nitrogens with zero attached hydrogens (tertiary/aromatic N) is 2. The van der Waals surface area contributed by atoms with Crippen molar-refractivity contribution in [1.82, 2.24) is 5.32 Å². The second kappa shape index (κ2) is 5.36. The number of carbonyl (C=O) groups is 1. The maximum atomic E-state index is 11.1. The molecule has 78 valence electrons. The van der Waals surface area contributed by atoms with Crippen molar-refractivity contribution in [2.24, 2.45) is 16.1 Å². The lowest BCUT2D eigenvalue weighted by Gasteiger charge is -2.11. The first-order valence-electron chi connectivity index (χ1n) is 4.66. The lowest BCUT2D eigenvalue weighted by atomic mass is 10.2. The van der Waals surface area contributed by atoms with E-state index >= 15 is 0 Å². The van der Waals surface area contributed by atoms with E-state index in [9.17, 15) is 4.79 Å². The molecule has 0 bridgehead atoms. The van der Waals surface area contributed by atoms with Crippen molar-refractivity contribution < 1.29 is 9.53 Å². The summed E-state index contributed by atoms with van der Waals surface area (Å²) in [5, 5.41) is 10.5. The predicted molar refractivity (Wildman–Crippen MR) is 51.4 cm³/mol. The van der Waals surface area contributed by atoms with Crippen molar-refractivity contribution in [3.05, 3.63) is 11.9 Å². The molecule has 0 aromatic heterocycles. The molecule has 1 aliphatic rings. The fourth-order valence-corrected chi connectivity index (χ4v) is 0.915. The summed E-state index contributed by atoms with van der Waals surface area (Å²) < 4.78 is 5.01. The van der Waals surface area contributed by atoms with E-state index in [1.54, 1.807) is 6.20 Å². The van der Waals surface area contributed by atoms with Gasteiger partial charge < -0.3 is 10.1 Å². The Morgan fingerprint density at radius 3 is 3.07 bits per heavy atom. The van der Waals surface area contributed by atoms with Crippen LogP contribution in [-0.4, -0.2) is 19.2 Å². The summed E-state index contributed by atoms with van der Waals surface area (Å²) in [4.78, 5) is 11.1. The van der Waals surface area contributed by atoms with Crippen LogP contribution in [0.1, 0.15) is 20.3 Å². The van der Waals surface area contributed by atoms with Crippen molar-refractivity contribution >= 4 is 5.97 Å². The van der Waals surface area contributed by atoms with Crippen LogP contribution in [0.4, 0.5) is 0 Å². The molecule has 0 aliphatic carbocycles. The van der Waals surface area contributed by atoms with Gasteiger partial charge in [-0.1, -0.05) is 13.8 Å². The molecule has 0 unspecified atom stereocenters. The van der Waals surface area contributed by atoms with Gasteiger partial charge in [-0.25, -0.2) is 0 Å². The smallest absolute Gasteiger partial charge is 0.308 e. The lowest BCUT2D eigenvalue weighted by molar-refractivity contribution is -0.147. The summed E-state index contributed by atoms with van der Waals surface area (Å²) in [5.41, 5.74) is 0.955. The van der Waals surface area contributed by atoms with Crippen molar-refractivity contribution in [1.29, 1.82) is 0 Å². The minimum Gasteiger partial charge on any atom is -0.465 e. The molecule has 1 heterocycles. The zero-order valence-corrected chi connectivity index (χ0v) is 8.49. The van der Waals surface area contributed by atoms with Gasteiger partial charge in [0.05, 0.1) is 18.7 Å². The van der Waals surface area contributed by atoms with Crippen molar-refractivity contribution in [3.63, 3.8) is 0 Å². The molecule has 0 spiro atoms. The average Bonchev–Trinajstić information content (AvgIpc) is 2.19. The highest BCUT2D eigenvalue weighted by Crippen LogP contribution is 2.03. The quantitative estimate of drug-likeness (QED) is 0.693. The van der Waals surface area contributed by atoms with Gasteiger partial charge in [-0.3, -0.25) is 4.79 Å². The number of esters is 1. The molecule has 1 N–H and O–H groups in total. The number of carbonyl (C=O) groups excluding carboxylic acids is 1. The van der Waals surface area contributed by atoms with E-state index in [-0.39, 0.29) is 11.9 Å². The number of hydrogen-bond acceptors (Lipinski definition) is 5. The van der Waals surface area contributed by atoms with Crippen molar-refractivity contribution in [2.75, 3.05) is 13.3 Å². The van der Waals surface area contributed by atoms with Crippen LogP contribution >= 0.6 is 0 Å². The highest BCUT2D eigenvalue weighted by molar-refractivity contribution is 5.71. The number of azo groups is 1. The Balaban J connectivity index is 2.18. The first kappa shape index (κ1) is 10.7. The Labute approximate surface area is 83.2 Å². The van der Waals surface area contributed by atoms with E-state index in [1.165, 1.54) is 0 Å². The summed E-state index contributed by atoms with van der Waals surface area (Å²) in [7, 11) is 0. The summed E-state index contributed by atoms with van der Waals surface area (Å²) in [6.07, 6.45) is 2.31. The minimum absolute atomic E-state index is 0.0667. The monoisotopic (exact) mass is 197 g/mol. The minimum atomic E-state index is -0.164. The van der Waals surface area contributed by atoms with Crippen LogP contribution < -0.4 is 5.32 Å². The molecule has 14 heavy (non-hydrogen) atoms. The van der Waals surface area contributed by atoms with Crippen LogP contribution in [0.25, 0.3) is 0 Å². The summed E-state index contributed by atoms with van der Waals surface area (Å²) in [5.74, 6) is -0.231. The molecule has 0 saturated carbocycles. The maximum absolute atomic E-state index is 11.1. The maximum Gasteiger partial charge on any atom is 0.308 e. The Hall–Kier alpha value is -1.39. The molecule has 0 amide bonds. The zero-order valence-electron chi connectivity index (χ0n) is 8.49. The Morgan fingerprint density at radius 1 is 1.71 bits per heavy atom. The van der Waals surface area contributed by atoms with Gasteiger partial charge in [-0.15, -0.1) is 0 Å². The Morgan fingerprint density at radius 2 is 2.50 bits per heavy atom. The first-order valence-corrected chi connectivity index (χ1v) is 4.66. The molecule has 0 radical (unpaired) electrons. The summed E-state index contributed by atoms with van der Waals surface area (Å²) in [6, 6.07) is 0. The van der Waals surface area contributed by atoms with Crippen LogP contribution in [0.5, 0.6) is 0 Å². The molecule has 1 rings (SSSR count). The SMILES string of the molecule is CC(C)C(=O)OCCC1=CN=NCN1. The van der Waals surface area contributed by atoms with Crippen molar-refractivity contribution in [3.8, 4) is 0 Å². The molecule has 0 saturated heterocycles. The molecule has 0 fully saturated rings. The van der Waals surface area contributed by atoms with Crippen LogP contribution in [0.2, 0.25) is 0 Å². The molecule has 1 aliphatic heterocycles. The molecule has 0 aromatic rings. The molecular weight excluding hydrogens is 182 g/mol. The van der Waals surface area contributed by atoms with Crippen LogP contribution in [0.3, 0.4) is 0 Å². The van der Waals surface area contributed by atoms with Gasteiger partial charge in [0.1, 0.15) is 6.67 Å². The largest absolute Gasteiger partial charge is 0.465 e. The van der Waals surface area contributed by atoms with E-state index in [2.05, 4.69) is 15.5 Å². The third-order valence-electron chi connectivity index (χ3n) is 1.76. The molecule has 5 nitrogen and oxygen atoms in total. The summed E-state index contributed by atoms with van der Waals surface area (Å²) >= 11 is 0. The number of ether oxygens (including phenoxy) is 1. The highest BCUT2D eigenvalue weighted by atomic mass is 16.5. The van der Waals surface area contributed by atoms with Crippen LogP contribution in [0, 0.1) is 5.92 Å². The fraction of sp³-hybridized carbons (Fsp3) is 0.667. The standard InChI is InChI=1S/C9H15N3O2/c1-7(2)9(13)14-4-3-8-5-11-12-6-10-8/h5,7,10H,3-4,6H2,1-2H3.